The van der Waals surface area contributed by atoms with E-state index >= 15 is 0 Å². The van der Waals surface area contributed by atoms with Gasteiger partial charge in [-0.2, -0.15) is 0 Å². The number of hydrogen-bond acceptors (Lipinski definition) is 3. The highest BCUT2D eigenvalue weighted by atomic mass is 35.5. The van der Waals surface area contributed by atoms with Gasteiger partial charge in [0.15, 0.2) is 5.65 Å². The van der Waals surface area contributed by atoms with E-state index in [0.29, 0.717) is 13.0 Å². The molecule has 1 amide bonds. The average Bonchev–Trinajstić information content (AvgIpc) is 2.93. The highest BCUT2D eigenvalue weighted by molar-refractivity contribution is 6.20. The van der Waals surface area contributed by atoms with E-state index in [1.54, 1.807) is 6.20 Å². The Kier molecular flexibility index (Phi) is 2.93. The van der Waals surface area contributed by atoms with Gasteiger partial charge in [-0.15, -0.1) is 11.6 Å². The summed E-state index contributed by atoms with van der Waals surface area (Å²) < 4.78 is 2.01. The summed E-state index contributed by atoms with van der Waals surface area (Å²) in [6.45, 7) is 4.50. The molecule has 1 aliphatic rings. The topological polar surface area (TPSA) is 59.8 Å². The molecule has 1 N–H and O–H groups in total. The van der Waals surface area contributed by atoms with Crippen LogP contribution in [0.2, 0.25) is 0 Å². The summed E-state index contributed by atoms with van der Waals surface area (Å²) in [5.74, 6) is 0.840. The number of aromatic nitrogens is 3. The normalized spacial score (nSPS) is 20.8. The number of amides is 1. The van der Waals surface area contributed by atoms with Gasteiger partial charge >= 0.3 is 0 Å². The van der Waals surface area contributed by atoms with E-state index < -0.39 is 0 Å². The summed E-state index contributed by atoms with van der Waals surface area (Å²) in [6.07, 6.45) is 2.22. The van der Waals surface area contributed by atoms with Gasteiger partial charge in [0.05, 0.1) is 11.4 Å². The zero-order chi connectivity index (χ0) is 13.6. The molecule has 0 bridgehead atoms. The van der Waals surface area contributed by atoms with Crippen LogP contribution in [-0.4, -0.2) is 27.0 Å². The van der Waals surface area contributed by atoms with Crippen LogP contribution in [0.15, 0.2) is 12.3 Å². The molecule has 2 aromatic rings. The van der Waals surface area contributed by atoms with Crippen LogP contribution < -0.4 is 5.32 Å². The second-order valence-electron chi connectivity index (χ2n) is 4.92. The van der Waals surface area contributed by atoms with Crippen molar-refractivity contribution < 1.29 is 4.79 Å². The number of alkyl halides is 1. The van der Waals surface area contributed by atoms with Crippen LogP contribution in [0.5, 0.6) is 0 Å². The van der Waals surface area contributed by atoms with Crippen molar-refractivity contribution in [1.29, 1.82) is 0 Å². The fraction of sp³-hybridized carbons (Fsp3) is 0.462. The molecule has 100 valence electrons. The molecule has 3 heterocycles. The van der Waals surface area contributed by atoms with Gasteiger partial charge in [-0.1, -0.05) is 0 Å². The number of halogens is 1. The summed E-state index contributed by atoms with van der Waals surface area (Å²) in [7, 11) is 0. The van der Waals surface area contributed by atoms with Crippen molar-refractivity contribution in [2.75, 3.05) is 6.54 Å². The largest absolute Gasteiger partial charge is 0.354 e. The van der Waals surface area contributed by atoms with Crippen LogP contribution in [0.1, 0.15) is 36.2 Å². The van der Waals surface area contributed by atoms with Gasteiger partial charge in [-0.05, 0) is 25.5 Å². The number of hydrogen-bond donors (Lipinski definition) is 1. The minimum atomic E-state index is -0.218. The lowest BCUT2D eigenvalue weighted by Gasteiger charge is -2.15. The highest BCUT2D eigenvalue weighted by Crippen LogP contribution is 2.30. The van der Waals surface area contributed by atoms with Gasteiger partial charge in [0.1, 0.15) is 11.3 Å². The minimum Gasteiger partial charge on any atom is -0.354 e. The van der Waals surface area contributed by atoms with Crippen LogP contribution in [0, 0.1) is 6.92 Å². The Morgan fingerprint density at radius 2 is 2.37 bits per heavy atom. The predicted octanol–water partition coefficient (Wildman–Crippen LogP) is 2.10. The van der Waals surface area contributed by atoms with Gasteiger partial charge in [-0.3, -0.25) is 4.79 Å². The zero-order valence-electron chi connectivity index (χ0n) is 10.9. The van der Waals surface area contributed by atoms with Gasteiger partial charge in [0, 0.05) is 19.2 Å². The molecule has 0 radical (unpaired) electrons. The molecule has 6 heteroatoms. The van der Waals surface area contributed by atoms with Crippen molar-refractivity contribution in [1.82, 2.24) is 19.9 Å². The van der Waals surface area contributed by atoms with Crippen molar-refractivity contribution in [3.05, 3.63) is 23.7 Å². The standard InChI is InChI=1S/C13H15ClN4O/c1-7-3-4-15-13-11(7)17-12(8(2)14)18(13)9-5-10(19)16-6-9/h3-4,8-9H,5-6H2,1-2H3,(H,16,19). The first-order valence-electron chi connectivity index (χ1n) is 6.32. The van der Waals surface area contributed by atoms with Crippen molar-refractivity contribution >= 4 is 28.7 Å². The number of carbonyl (C=O) groups is 1. The monoisotopic (exact) mass is 278 g/mol. The molecule has 1 saturated heterocycles. The van der Waals surface area contributed by atoms with E-state index in [-0.39, 0.29) is 17.3 Å². The Hall–Kier alpha value is -1.62. The molecule has 0 saturated carbocycles. The van der Waals surface area contributed by atoms with Crippen LogP contribution in [-0.2, 0) is 4.79 Å². The smallest absolute Gasteiger partial charge is 0.222 e. The van der Waals surface area contributed by atoms with Crippen molar-refractivity contribution in [2.45, 2.75) is 31.7 Å². The highest BCUT2D eigenvalue weighted by Gasteiger charge is 2.29. The van der Waals surface area contributed by atoms with E-state index in [1.165, 1.54) is 0 Å². The van der Waals surface area contributed by atoms with Crippen LogP contribution >= 0.6 is 11.6 Å². The second kappa shape index (κ2) is 4.49. The quantitative estimate of drug-likeness (QED) is 0.856. The number of carbonyl (C=O) groups excluding carboxylic acids is 1. The van der Waals surface area contributed by atoms with E-state index in [1.807, 2.05) is 24.5 Å². The first-order valence-corrected chi connectivity index (χ1v) is 6.75. The molecule has 2 atom stereocenters. The molecule has 19 heavy (non-hydrogen) atoms. The SMILES string of the molecule is Cc1ccnc2c1nc(C(C)Cl)n2C1CNC(=O)C1. The molecule has 2 unspecified atom stereocenters. The fourth-order valence-electron chi connectivity index (χ4n) is 2.54. The molecule has 1 aliphatic heterocycles. The maximum atomic E-state index is 11.4. The van der Waals surface area contributed by atoms with E-state index in [2.05, 4.69) is 15.3 Å². The Labute approximate surface area is 116 Å². The van der Waals surface area contributed by atoms with Gasteiger partial charge < -0.3 is 9.88 Å². The van der Waals surface area contributed by atoms with Crippen molar-refractivity contribution in [3.8, 4) is 0 Å². The van der Waals surface area contributed by atoms with Crippen LogP contribution in [0.3, 0.4) is 0 Å². The van der Waals surface area contributed by atoms with Crippen molar-refractivity contribution in [2.24, 2.45) is 0 Å². The third-order valence-corrected chi connectivity index (χ3v) is 3.68. The number of rotatable bonds is 2. The second-order valence-corrected chi connectivity index (χ2v) is 5.57. The molecule has 0 aromatic carbocycles. The van der Waals surface area contributed by atoms with Gasteiger partial charge in [0.2, 0.25) is 5.91 Å². The Morgan fingerprint density at radius 3 is 3.00 bits per heavy atom. The summed E-state index contributed by atoms with van der Waals surface area (Å²) in [6, 6.07) is 1.98. The molecule has 5 nitrogen and oxygen atoms in total. The number of pyridine rings is 1. The number of aryl methyl sites for hydroxylation is 1. The first kappa shape index (κ1) is 12.4. The van der Waals surface area contributed by atoms with Gasteiger partial charge in [-0.25, -0.2) is 9.97 Å². The number of imidazole rings is 1. The number of fused-ring (bicyclic) bond motifs is 1. The van der Waals surface area contributed by atoms with Crippen LogP contribution in [0.4, 0.5) is 0 Å². The fourth-order valence-corrected chi connectivity index (χ4v) is 2.69. The summed E-state index contributed by atoms with van der Waals surface area (Å²) >= 11 is 6.23. The molecule has 3 rings (SSSR count). The third-order valence-electron chi connectivity index (χ3n) is 3.48. The molecule has 2 aromatic heterocycles. The Balaban J connectivity index is 2.22. The third kappa shape index (κ3) is 1.98. The molecule has 0 spiro atoms. The number of nitrogens with one attached hydrogen (secondary N) is 1. The molecule has 1 fully saturated rings. The maximum Gasteiger partial charge on any atom is 0.222 e. The molecule has 0 aliphatic carbocycles. The maximum absolute atomic E-state index is 11.4. The van der Waals surface area contributed by atoms with Crippen molar-refractivity contribution in [3.63, 3.8) is 0 Å². The van der Waals surface area contributed by atoms with Crippen LogP contribution in [0.25, 0.3) is 11.2 Å². The average molecular weight is 279 g/mol. The van der Waals surface area contributed by atoms with Gasteiger partial charge in [0.25, 0.3) is 0 Å². The van der Waals surface area contributed by atoms with E-state index in [4.69, 9.17) is 11.6 Å². The Bertz CT molecular complexity index is 649. The molecular formula is C13H15ClN4O. The van der Waals surface area contributed by atoms with E-state index in [9.17, 15) is 4.79 Å². The Morgan fingerprint density at radius 1 is 1.58 bits per heavy atom. The predicted molar refractivity (Wildman–Crippen MR) is 73.2 cm³/mol. The minimum absolute atomic E-state index is 0.0444. The van der Waals surface area contributed by atoms with E-state index in [0.717, 1.165) is 22.6 Å². The zero-order valence-corrected chi connectivity index (χ0v) is 11.6. The summed E-state index contributed by atoms with van der Waals surface area (Å²) in [5, 5.41) is 2.63. The molecular weight excluding hydrogens is 264 g/mol. The first-order chi connectivity index (χ1) is 9.08. The summed E-state index contributed by atoms with van der Waals surface area (Å²) in [4.78, 5) is 20.5. The summed E-state index contributed by atoms with van der Waals surface area (Å²) in [5.41, 5.74) is 2.74. The lowest BCUT2D eigenvalue weighted by atomic mass is 10.2. The lowest BCUT2D eigenvalue weighted by molar-refractivity contribution is -0.119. The number of nitrogens with zero attached hydrogens (tertiary/aromatic N) is 3. The lowest BCUT2D eigenvalue weighted by Crippen LogP contribution is -2.17.